The SMILES string of the molecule is CCNC(c1cc(Br)ccc1Cl)C(C)CCOC. The van der Waals surface area contributed by atoms with Gasteiger partial charge in [0, 0.05) is 29.3 Å². The summed E-state index contributed by atoms with van der Waals surface area (Å²) in [6.45, 7) is 6.03. The van der Waals surface area contributed by atoms with Crippen LogP contribution in [-0.4, -0.2) is 20.3 Å². The van der Waals surface area contributed by atoms with E-state index in [1.807, 2.05) is 12.1 Å². The van der Waals surface area contributed by atoms with Crippen molar-refractivity contribution in [1.82, 2.24) is 5.32 Å². The van der Waals surface area contributed by atoms with Gasteiger partial charge in [0.25, 0.3) is 0 Å². The molecular formula is C14H21BrClNO. The summed E-state index contributed by atoms with van der Waals surface area (Å²) in [4.78, 5) is 0. The van der Waals surface area contributed by atoms with Crippen LogP contribution in [0.1, 0.15) is 31.9 Å². The van der Waals surface area contributed by atoms with Gasteiger partial charge < -0.3 is 10.1 Å². The number of hydrogen-bond donors (Lipinski definition) is 1. The average Bonchev–Trinajstić information content (AvgIpc) is 2.36. The zero-order chi connectivity index (χ0) is 13.5. The molecule has 1 rings (SSSR count). The van der Waals surface area contributed by atoms with Gasteiger partial charge in [-0.25, -0.2) is 0 Å². The van der Waals surface area contributed by atoms with Crippen LogP contribution in [-0.2, 0) is 4.74 Å². The molecule has 102 valence electrons. The number of ether oxygens (including phenoxy) is 1. The second kappa shape index (κ2) is 8.16. The summed E-state index contributed by atoms with van der Waals surface area (Å²) in [6.07, 6.45) is 1.01. The molecule has 0 amide bonds. The molecule has 1 aromatic carbocycles. The predicted molar refractivity (Wildman–Crippen MR) is 81.2 cm³/mol. The lowest BCUT2D eigenvalue weighted by atomic mass is 9.92. The molecule has 0 radical (unpaired) electrons. The summed E-state index contributed by atoms with van der Waals surface area (Å²) in [7, 11) is 1.74. The molecule has 0 aromatic heterocycles. The highest BCUT2D eigenvalue weighted by Crippen LogP contribution is 2.32. The Bertz CT molecular complexity index is 373. The van der Waals surface area contributed by atoms with Crippen molar-refractivity contribution in [3.8, 4) is 0 Å². The Kier molecular flexibility index (Phi) is 7.23. The van der Waals surface area contributed by atoms with Crippen molar-refractivity contribution in [3.63, 3.8) is 0 Å². The lowest BCUT2D eigenvalue weighted by Gasteiger charge is -2.26. The highest BCUT2D eigenvalue weighted by Gasteiger charge is 2.20. The smallest absolute Gasteiger partial charge is 0.0465 e. The van der Waals surface area contributed by atoms with E-state index in [-0.39, 0.29) is 6.04 Å². The second-order valence-electron chi connectivity index (χ2n) is 4.46. The van der Waals surface area contributed by atoms with Crippen LogP contribution in [0.4, 0.5) is 0 Å². The van der Waals surface area contributed by atoms with Gasteiger partial charge in [-0.1, -0.05) is 41.4 Å². The molecule has 0 bridgehead atoms. The van der Waals surface area contributed by atoms with Gasteiger partial charge >= 0.3 is 0 Å². The van der Waals surface area contributed by atoms with Gasteiger partial charge in [0.15, 0.2) is 0 Å². The first kappa shape index (κ1) is 16.0. The summed E-state index contributed by atoms with van der Waals surface area (Å²) in [5.41, 5.74) is 1.15. The third-order valence-electron chi connectivity index (χ3n) is 3.06. The standard InChI is InChI=1S/C14H21BrClNO/c1-4-17-14(10(2)7-8-18-3)12-9-11(15)5-6-13(12)16/h5-6,9-10,14,17H,4,7-8H2,1-3H3. The van der Waals surface area contributed by atoms with Crippen molar-refractivity contribution < 1.29 is 4.74 Å². The van der Waals surface area contributed by atoms with E-state index in [9.17, 15) is 0 Å². The Morgan fingerprint density at radius 2 is 2.17 bits per heavy atom. The molecule has 1 N–H and O–H groups in total. The van der Waals surface area contributed by atoms with Crippen molar-refractivity contribution in [2.45, 2.75) is 26.3 Å². The van der Waals surface area contributed by atoms with E-state index in [4.69, 9.17) is 16.3 Å². The summed E-state index contributed by atoms with van der Waals surface area (Å²) >= 11 is 9.82. The largest absolute Gasteiger partial charge is 0.385 e. The van der Waals surface area contributed by atoms with Crippen LogP contribution in [0.25, 0.3) is 0 Å². The summed E-state index contributed by atoms with van der Waals surface area (Å²) in [5, 5.41) is 4.33. The first-order valence-corrected chi connectivity index (χ1v) is 7.44. The first-order chi connectivity index (χ1) is 8.60. The second-order valence-corrected chi connectivity index (χ2v) is 5.78. The highest BCUT2D eigenvalue weighted by molar-refractivity contribution is 9.10. The Balaban J connectivity index is 2.92. The average molecular weight is 335 g/mol. The van der Waals surface area contributed by atoms with E-state index < -0.39 is 0 Å². The molecule has 0 aliphatic rings. The van der Waals surface area contributed by atoms with Crippen molar-refractivity contribution >= 4 is 27.5 Å². The normalized spacial score (nSPS) is 14.5. The Morgan fingerprint density at radius 1 is 1.44 bits per heavy atom. The van der Waals surface area contributed by atoms with Gasteiger partial charge in [-0.15, -0.1) is 0 Å². The Hall–Kier alpha value is -0.0900. The molecule has 0 heterocycles. The molecule has 0 spiro atoms. The van der Waals surface area contributed by atoms with Crippen molar-refractivity contribution in [3.05, 3.63) is 33.3 Å². The summed E-state index contributed by atoms with van der Waals surface area (Å²) in [5.74, 6) is 0.469. The lowest BCUT2D eigenvalue weighted by molar-refractivity contribution is 0.170. The molecule has 18 heavy (non-hydrogen) atoms. The zero-order valence-electron chi connectivity index (χ0n) is 11.2. The van der Waals surface area contributed by atoms with Crippen molar-refractivity contribution in [1.29, 1.82) is 0 Å². The van der Waals surface area contributed by atoms with E-state index >= 15 is 0 Å². The summed E-state index contributed by atoms with van der Waals surface area (Å²) in [6, 6.07) is 6.26. The lowest BCUT2D eigenvalue weighted by Crippen LogP contribution is -2.27. The van der Waals surface area contributed by atoms with Gasteiger partial charge in [-0.2, -0.15) is 0 Å². The minimum Gasteiger partial charge on any atom is -0.385 e. The van der Waals surface area contributed by atoms with Crippen molar-refractivity contribution in [2.24, 2.45) is 5.92 Å². The van der Waals surface area contributed by atoms with E-state index in [1.165, 1.54) is 0 Å². The number of benzene rings is 1. The Labute approximate surface area is 123 Å². The predicted octanol–water partition coefficient (Wildman–Crippen LogP) is 4.43. The quantitative estimate of drug-likeness (QED) is 0.796. The van der Waals surface area contributed by atoms with Crippen LogP contribution in [0.2, 0.25) is 5.02 Å². The maximum Gasteiger partial charge on any atom is 0.0465 e. The molecule has 0 aliphatic heterocycles. The maximum absolute atomic E-state index is 6.31. The number of halogens is 2. The van der Waals surface area contributed by atoms with Crippen LogP contribution in [0.15, 0.2) is 22.7 Å². The van der Waals surface area contributed by atoms with Gasteiger partial charge in [-0.05, 0) is 42.6 Å². The number of methoxy groups -OCH3 is 1. The fourth-order valence-electron chi connectivity index (χ4n) is 2.06. The third kappa shape index (κ3) is 4.54. The molecule has 0 saturated carbocycles. The van der Waals surface area contributed by atoms with Crippen LogP contribution < -0.4 is 5.32 Å². The minimum absolute atomic E-state index is 0.259. The molecule has 2 atom stereocenters. The van der Waals surface area contributed by atoms with E-state index in [0.29, 0.717) is 5.92 Å². The molecule has 2 unspecified atom stereocenters. The summed E-state index contributed by atoms with van der Waals surface area (Å²) < 4.78 is 6.22. The monoisotopic (exact) mass is 333 g/mol. The fraction of sp³-hybridized carbons (Fsp3) is 0.571. The van der Waals surface area contributed by atoms with Crippen LogP contribution >= 0.6 is 27.5 Å². The Morgan fingerprint density at radius 3 is 2.78 bits per heavy atom. The highest BCUT2D eigenvalue weighted by atomic mass is 79.9. The molecular weight excluding hydrogens is 314 g/mol. The van der Waals surface area contributed by atoms with E-state index in [1.54, 1.807) is 7.11 Å². The number of nitrogens with one attached hydrogen (secondary N) is 1. The van der Waals surface area contributed by atoms with E-state index in [0.717, 1.165) is 34.6 Å². The zero-order valence-corrected chi connectivity index (χ0v) is 13.5. The van der Waals surface area contributed by atoms with Crippen LogP contribution in [0.3, 0.4) is 0 Å². The fourth-order valence-corrected chi connectivity index (χ4v) is 2.67. The van der Waals surface area contributed by atoms with Crippen LogP contribution in [0.5, 0.6) is 0 Å². The van der Waals surface area contributed by atoms with Crippen LogP contribution in [0, 0.1) is 5.92 Å². The first-order valence-electron chi connectivity index (χ1n) is 6.27. The molecule has 4 heteroatoms. The maximum atomic E-state index is 6.31. The molecule has 0 fully saturated rings. The van der Waals surface area contributed by atoms with Crippen molar-refractivity contribution in [2.75, 3.05) is 20.3 Å². The number of hydrogen-bond acceptors (Lipinski definition) is 2. The van der Waals surface area contributed by atoms with Gasteiger partial charge in [0.05, 0.1) is 0 Å². The topological polar surface area (TPSA) is 21.3 Å². The number of rotatable bonds is 7. The van der Waals surface area contributed by atoms with E-state index in [2.05, 4.69) is 41.2 Å². The van der Waals surface area contributed by atoms with Gasteiger partial charge in [0.2, 0.25) is 0 Å². The van der Waals surface area contributed by atoms with Gasteiger partial charge in [0.1, 0.15) is 0 Å². The molecule has 1 aromatic rings. The molecule has 0 aliphatic carbocycles. The third-order valence-corrected chi connectivity index (χ3v) is 3.90. The molecule has 0 saturated heterocycles. The van der Waals surface area contributed by atoms with Gasteiger partial charge in [-0.3, -0.25) is 0 Å². The minimum atomic E-state index is 0.259. The molecule has 2 nitrogen and oxygen atoms in total.